The molecule has 0 bridgehead atoms. The van der Waals surface area contributed by atoms with Crippen molar-refractivity contribution in [2.75, 3.05) is 18.9 Å². The summed E-state index contributed by atoms with van der Waals surface area (Å²) in [5.41, 5.74) is 0. The fraction of sp³-hybridized carbons (Fsp3) is 1.00. The Bertz CT molecular complexity index is 83.3. The molecule has 0 spiro atoms. The molecular weight excluding hydrogens is 190 g/mol. The summed E-state index contributed by atoms with van der Waals surface area (Å²) in [5, 5.41) is 1.10. The zero-order valence-electron chi connectivity index (χ0n) is 7.39. The molecule has 0 aliphatic rings. The monoisotopic (exact) mass is 207 g/mol. The van der Waals surface area contributed by atoms with E-state index in [1.54, 1.807) is 0 Å². The van der Waals surface area contributed by atoms with E-state index in [2.05, 4.69) is 48.6 Å². The summed E-state index contributed by atoms with van der Waals surface area (Å²) < 4.78 is 0. The molecule has 0 fully saturated rings. The fourth-order valence-corrected chi connectivity index (χ4v) is 0.956. The highest BCUT2D eigenvalue weighted by atomic mass is 79.9. The molecule has 0 saturated carbocycles. The highest BCUT2D eigenvalue weighted by molar-refractivity contribution is 9.09. The fourth-order valence-electron chi connectivity index (χ4n) is 0.751. The normalized spacial score (nSPS) is 14.7. The van der Waals surface area contributed by atoms with Crippen LogP contribution in [-0.4, -0.2) is 29.9 Å². The lowest BCUT2D eigenvalue weighted by atomic mass is 10.2. The molecule has 0 rings (SSSR count). The number of alkyl halides is 1. The van der Waals surface area contributed by atoms with Crippen LogP contribution in [0.4, 0.5) is 0 Å². The molecule has 2 heteroatoms. The van der Waals surface area contributed by atoms with E-state index in [0.717, 1.165) is 11.2 Å². The first-order valence-electron chi connectivity index (χ1n) is 3.84. The van der Waals surface area contributed by atoms with Crippen molar-refractivity contribution in [3.05, 3.63) is 0 Å². The first-order chi connectivity index (χ1) is 4.57. The summed E-state index contributed by atoms with van der Waals surface area (Å²) in [6.07, 6.45) is 0. The lowest BCUT2D eigenvalue weighted by Gasteiger charge is -2.23. The van der Waals surface area contributed by atoms with Gasteiger partial charge < -0.3 is 4.90 Å². The Labute approximate surface area is 72.9 Å². The van der Waals surface area contributed by atoms with E-state index in [-0.39, 0.29) is 0 Å². The molecule has 10 heavy (non-hydrogen) atoms. The van der Waals surface area contributed by atoms with Crippen molar-refractivity contribution < 1.29 is 0 Å². The van der Waals surface area contributed by atoms with Crippen LogP contribution in [0.15, 0.2) is 0 Å². The summed E-state index contributed by atoms with van der Waals surface area (Å²) in [6.45, 7) is 7.89. The molecule has 0 aliphatic heterocycles. The van der Waals surface area contributed by atoms with Crippen molar-refractivity contribution in [1.29, 1.82) is 0 Å². The zero-order chi connectivity index (χ0) is 8.15. The predicted octanol–water partition coefficient (Wildman–Crippen LogP) is 2.36. The van der Waals surface area contributed by atoms with Gasteiger partial charge in [0.1, 0.15) is 0 Å². The average molecular weight is 208 g/mol. The van der Waals surface area contributed by atoms with E-state index in [9.17, 15) is 0 Å². The number of hydrogen-bond acceptors (Lipinski definition) is 1. The molecule has 1 unspecified atom stereocenters. The summed E-state index contributed by atoms with van der Waals surface area (Å²) in [4.78, 5) is 2.37. The molecule has 1 atom stereocenters. The largest absolute Gasteiger partial charge is 0.304 e. The number of nitrogens with zero attached hydrogens (tertiary/aromatic N) is 1. The minimum atomic E-state index is 0.668. The number of rotatable bonds is 4. The molecule has 0 aliphatic carbocycles. The molecule has 0 aromatic rings. The highest BCUT2D eigenvalue weighted by Gasteiger charge is 2.06. The molecule has 0 radical (unpaired) electrons. The summed E-state index contributed by atoms with van der Waals surface area (Å²) in [6, 6.07) is 0.668. The smallest absolute Gasteiger partial charge is 0.00692 e. The van der Waals surface area contributed by atoms with Crippen LogP contribution in [0, 0.1) is 5.92 Å². The second kappa shape index (κ2) is 5.14. The van der Waals surface area contributed by atoms with Crippen molar-refractivity contribution in [2.24, 2.45) is 5.92 Å². The van der Waals surface area contributed by atoms with E-state index >= 15 is 0 Å². The van der Waals surface area contributed by atoms with E-state index in [1.165, 1.54) is 6.54 Å². The van der Waals surface area contributed by atoms with E-state index in [0.29, 0.717) is 6.04 Å². The van der Waals surface area contributed by atoms with E-state index < -0.39 is 0 Å². The predicted molar refractivity (Wildman–Crippen MR) is 50.7 cm³/mol. The molecule has 0 heterocycles. The van der Waals surface area contributed by atoms with Gasteiger partial charge in [-0.3, -0.25) is 0 Å². The number of halogens is 1. The lowest BCUT2D eigenvalue weighted by molar-refractivity contribution is 0.246. The third-order valence-corrected chi connectivity index (χ3v) is 2.85. The minimum Gasteiger partial charge on any atom is -0.304 e. The maximum absolute atomic E-state index is 3.47. The van der Waals surface area contributed by atoms with Gasteiger partial charge in [0, 0.05) is 17.9 Å². The standard InChI is InChI=1S/C8H18BrN/c1-7(2)10(4)6-8(3)5-9/h7-8H,5-6H2,1-4H3. The van der Waals surface area contributed by atoms with Gasteiger partial charge in [-0.25, -0.2) is 0 Å². The third kappa shape index (κ3) is 4.29. The van der Waals surface area contributed by atoms with Crippen LogP contribution in [0.1, 0.15) is 20.8 Å². The Morgan fingerprint density at radius 1 is 1.30 bits per heavy atom. The molecule has 0 N–H and O–H groups in total. The van der Waals surface area contributed by atoms with Crippen LogP contribution in [0.3, 0.4) is 0 Å². The summed E-state index contributed by atoms with van der Waals surface area (Å²) in [5.74, 6) is 0.757. The minimum absolute atomic E-state index is 0.668. The quantitative estimate of drug-likeness (QED) is 0.641. The maximum Gasteiger partial charge on any atom is 0.00692 e. The van der Waals surface area contributed by atoms with Gasteiger partial charge in [-0.15, -0.1) is 0 Å². The maximum atomic E-state index is 3.47. The van der Waals surface area contributed by atoms with Crippen LogP contribution >= 0.6 is 15.9 Å². The van der Waals surface area contributed by atoms with Gasteiger partial charge in [0.05, 0.1) is 0 Å². The molecule has 0 saturated heterocycles. The molecule has 0 aromatic carbocycles. The Morgan fingerprint density at radius 3 is 2.10 bits per heavy atom. The summed E-state index contributed by atoms with van der Waals surface area (Å²) >= 11 is 3.47. The van der Waals surface area contributed by atoms with Crippen molar-refractivity contribution in [2.45, 2.75) is 26.8 Å². The van der Waals surface area contributed by atoms with Gasteiger partial charge in [-0.1, -0.05) is 22.9 Å². The van der Waals surface area contributed by atoms with Crippen molar-refractivity contribution in [1.82, 2.24) is 4.90 Å². The highest BCUT2D eigenvalue weighted by Crippen LogP contribution is 2.04. The van der Waals surface area contributed by atoms with Gasteiger partial charge in [-0.05, 0) is 26.8 Å². The van der Waals surface area contributed by atoms with Crippen LogP contribution in [-0.2, 0) is 0 Å². The molecule has 0 amide bonds. The van der Waals surface area contributed by atoms with Gasteiger partial charge in [0.25, 0.3) is 0 Å². The van der Waals surface area contributed by atoms with Crippen LogP contribution in [0.5, 0.6) is 0 Å². The van der Waals surface area contributed by atoms with Gasteiger partial charge >= 0.3 is 0 Å². The Balaban J connectivity index is 3.46. The van der Waals surface area contributed by atoms with Gasteiger partial charge in [-0.2, -0.15) is 0 Å². The zero-order valence-corrected chi connectivity index (χ0v) is 8.98. The lowest BCUT2D eigenvalue weighted by Crippen LogP contribution is -2.31. The first kappa shape index (κ1) is 10.4. The van der Waals surface area contributed by atoms with Crippen LogP contribution in [0.2, 0.25) is 0 Å². The van der Waals surface area contributed by atoms with E-state index in [1.807, 2.05) is 0 Å². The Hall–Kier alpha value is 0.440. The van der Waals surface area contributed by atoms with Crippen LogP contribution in [0.25, 0.3) is 0 Å². The third-order valence-electron chi connectivity index (χ3n) is 1.74. The second-order valence-electron chi connectivity index (χ2n) is 3.29. The van der Waals surface area contributed by atoms with Gasteiger partial charge in [0.15, 0.2) is 0 Å². The van der Waals surface area contributed by atoms with Gasteiger partial charge in [0.2, 0.25) is 0 Å². The second-order valence-corrected chi connectivity index (χ2v) is 3.94. The molecule has 62 valence electrons. The Morgan fingerprint density at radius 2 is 1.80 bits per heavy atom. The first-order valence-corrected chi connectivity index (χ1v) is 4.96. The van der Waals surface area contributed by atoms with Crippen molar-refractivity contribution >= 4 is 15.9 Å². The summed E-state index contributed by atoms with van der Waals surface area (Å²) in [7, 11) is 2.17. The van der Waals surface area contributed by atoms with Crippen LogP contribution < -0.4 is 0 Å². The van der Waals surface area contributed by atoms with E-state index in [4.69, 9.17) is 0 Å². The Kier molecular flexibility index (Phi) is 5.36. The number of hydrogen-bond donors (Lipinski definition) is 0. The topological polar surface area (TPSA) is 3.24 Å². The van der Waals surface area contributed by atoms with Crippen molar-refractivity contribution in [3.63, 3.8) is 0 Å². The molecule has 0 aromatic heterocycles. The van der Waals surface area contributed by atoms with Crippen molar-refractivity contribution in [3.8, 4) is 0 Å². The molecule has 1 nitrogen and oxygen atoms in total. The average Bonchev–Trinajstić information content (AvgIpc) is 1.87. The molecular formula is C8H18BrN. The SMILES string of the molecule is CC(CBr)CN(C)C(C)C.